The van der Waals surface area contributed by atoms with Gasteiger partial charge in [0, 0.05) is 12.0 Å². The number of rotatable bonds is 6. The Morgan fingerprint density at radius 3 is 2.43 bits per heavy atom. The number of hydrogen-bond acceptors (Lipinski definition) is 7. The maximum Gasteiger partial charge on any atom is 0.268 e. The molecule has 2 aromatic rings. The first-order chi connectivity index (χ1) is 13.5. The number of aryl methyl sites for hydroxylation is 1. The lowest BCUT2D eigenvalue weighted by atomic mass is 10.0. The Balaban J connectivity index is 1.76. The van der Waals surface area contributed by atoms with Gasteiger partial charge in [-0.1, -0.05) is 11.2 Å². The third kappa shape index (κ3) is 3.80. The summed E-state index contributed by atoms with van der Waals surface area (Å²) in [6.07, 6.45) is -0.550. The molecule has 0 bridgehead atoms. The van der Waals surface area contributed by atoms with E-state index in [0.29, 0.717) is 34.2 Å². The Labute approximate surface area is 162 Å². The molecule has 28 heavy (non-hydrogen) atoms. The lowest BCUT2D eigenvalue weighted by Gasteiger charge is -2.14. The van der Waals surface area contributed by atoms with Crippen molar-refractivity contribution in [3.8, 4) is 23.0 Å². The van der Waals surface area contributed by atoms with Crippen molar-refractivity contribution < 1.29 is 28.9 Å². The van der Waals surface area contributed by atoms with Crippen LogP contribution in [-0.4, -0.2) is 44.2 Å². The number of phenols is 1. The number of phenolic OH excluding ortho intramolecular Hbond substituents is 1. The predicted molar refractivity (Wildman–Crippen MR) is 104 cm³/mol. The molecule has 0 spiro atoms. The Morgan fingerprint density at radius 2 is 1.82 bits per heavy atom. The minimum atomic E-state index is -0.811. The fraction of sp³-hybridized carbons (Fsp3) is 0.300. The van der Waals surface area contributed by atoms with Gasteiger partial charge in [0.25, 0.3) is 5.91 Å². The van der Waals surface area contributed by atoms with E-state index in [9.17, 15) is 9.90 Å². The van der Waals surface area contributed by atoms with Crippen molar-refractivity contribution in [3.63, 3.8) is 0 Å². The van der Waals surface area contributed by atoms with Crippen LogP contribution in [0.4, 0.5) is 5.69 Å². The number of anilines is 1. The lowest BCUT2D eigenvalue weighted by Crippen LogP contribution is -2.28. The van der Waals surface area contributed by atoms with Crippen molar-refractivity contribution in [3.05, 3.63) is 41.5 Å². The first-order valence-corrected chi connectivity index (χ1v) is 8.60. The second-order valence-corrected chi connectivity index (χ2v) is 6.26. The highest BCUT2D eigenvalue weighted by atomic mass is 16.6. The van der Waals surface area contributed by atoms with E-state index in [0.717, 1.165) is 5.56 Å². The summed E-state index contributed by atoms with van der Waals surface area (Å²) >= 11 is 0. The van der Waals surface area contributed by atoms with E-state index >= 15 is 0 Å². The van der Waals surface area contributed by atoms with Crippen LogP contribution in [0.1, 0.15) is 17.5 Å². The normalized spacial score (nSPS) is 15.4. The first-order valence-electron chi connectivity index (χ1n) is 8.60. The molecule has 148 valence electrons. The molecule has 1 heterocycles. The largest absolute Gasteiger partial charge is 0.506 e. The maximum atomic E-state index is 12.5. The van der Waals surface area contributed by atoms with Gasteiger partial charge in [-0.25, -0.2) is 0 Å². The number of nitrogens with one attached hydrogen (secondary N) is 1. The molecular formula is C20H22N2O6. The number of benzene rings is 2. The number of aromatic hydroxyl groups is 1. The number of amides is 1. The van der Waals surface area contributed by atoms with Gasteiger partial charge < -0.3 is 29.5 Å². The van der Waals surface area contributed by atoms with E-state index in [2.05, 4.69) is 10.5 Å². The number of carbonyl (C=O) groups excluding carboxylic acids is 1. The van der Waals surface area contributed by atoms with Gasteiger partial charge in [0.1, 0.15) is 5.75 Å². The summed E-state index contributed by atoms with van der Waals surface area (Å²) < 4.78 is 16.0. The molecule has 0 aromatic heterocycles. The molecule has 3 rings (SSSR count). The number of carbonyl (C=O) groups is 1. The summed E-state index contributed by atoms with van der Waals surface area (Å²) in [6.45, 7) is 1.87. The van der Waals surface area contributed by atoms with Gasteiger partial charge in [0.05, 0.1) is 32.7 Å². The summed E-state index contributed by atoms with van der Waals surface area (Å²) in [5.74, 6) is 1.03. The van der Waals surface area contributed by atoms with Crippen LogP contribution < -0.4 is 19.5 Å². The van der Waals surface area contributed by atoms with Gasteiger partial charge in [-0.3, -0.25) is 4.79 Å². The van der Waals surface area contributed by atoms with E-state index in [1.807, 2.05) is 6.92 Å². The SMILES string of the molecule is COc1cc(C2=NOC(C(=O)Nc3cc(C)ccc3O)C2)cc(OC)c1OC. The van der Waals surface area contributed by atoms with Crippen molar-refractivity contribution in [2.75, 3.05) is 26.6 Å². The average Bonchev–Trinajstić information content (AvgIpc) is 3.20. The standard InChI is InChI=1S/C20H22N2O6/c1-11-5-6-15(23)14(7-11)21-20(24)18-10-13(22-28-18)12-8-16(25-2)19(27-4)17(9-12)26-3/h5-9,18,23H,10H2,1-4H3,(H,21,24). The highest BCUT2D eigenvalue weighted by molar-refractivity contribution is 6.07. The fourth-order valence-electron chi connectivity index (χ4n) is 2.90. The number of methoxy groups -OCH3 is 3. The molecule has 1 amide bonds. The van der Waals surface area contributed by atoms with Crippen LogP contribution in [0.25, 0.3) is 0 Å². The molecule has 0 aliphatic carbocycles. The maximum absolute atomic E-state index is 12.5. The van der Waals surface area contributed by atoms with Gasteiger partial charge in [0.15, 0.2) is 11.5 Å². The summed E-state index contributed by atoms with van der Waals surface area (Å²) in [6, 6.07) is 8.45. The highest BCUT2D eigenvalue weighted by Crippen LogP contribution is 2.39. The van der Waals surface area contributed by atoms with Crippen molar-refractivity contribution in [2.45, 2.75) is 19.4 Å². The minimum absolute atomic E-state index is 0.0114. The van der Waals surface area contributed by atoms with Crippen molar-refractivity contribution in [1.29, 1.82) is 0 Å². The summed E-state index contributed by atoms with van der Waals surface area (Å²) in [5.41, 5.74) is 2.51. The molecule has 0 radical (unpaired) electrons. The van der Waals surface area contributed by atoms with E-state index < -0.39 is 12.0 Å². The van der Waals surface area contributed by atoms with Gasteiger partial charge in [0.2, 0.25) is 11.9 Å². The van der Waals surface area contributed by atoms with Crippen molar-refractivity contribution in [1.82, 2.24) is 0 Å². The second-order valence-electron chi connectivity index (χ2n) is 6.26. The zero-order chi connectivity index (χ0) is 20.3. The van der Waals surface area contributed by atoms with E-state index in [4.69, 9.17) is 19.0 Å². The fourth-order valence-corrected chi connectivity index (χ4v) is 2.90. The molecule has 0 fully saturated rings. The predicted octanol–water partition coefficient (Wildman–Crippen LogP) is 2.86. The van der Waals surface area contributed by atoms with Crippen LogP contribution in [0, 0.1) is 6.92 Å². The quantitative estimate of drug-likeness (QED) is 0.741. The average molecular weight is 386 g/mol. The summed E-state index contributed by atoms with van der Waals surface area (Å²) in [5, 5.41) is 16.6. The Morgan fingerprint density at radius 1 is 1.14 bits per heavy atom. The van der Waals surface area contributed by atoms with Gasteiger partial charge in [-0.05, 0) is 36.8 Å². The lowest BCUT2D eigenvalue weighted by molar-refractivity contribution is -0.125. The first kappa shape index (κ1) is 19.3. The molecule has 8 nitrogen and oxygen atoms in total. The van der Waals surface area contributed by atoms with Crippen LogP contribution in [0.3, 0.4) is 0 Å². The van der Waals surface area contributed by atoms with Crippen molar-refractivity contribution in [2.24, 2.45) is 5.16 Å². The summed E-state index contributed by atoms with van der Waals surface area (Å²) in [7, 11) is 4.58. The molecule has 1 atom stereocenters. The second kappa shape index (κ2) is 8.08. The highest BCUT2D eigenvalue weighted by Gasteiger charge is 2.30. The van der Waals surface area contributed by atoms with Crippen LogP contribution in [0.5, 0.6) is 23.0 Å². The molecular weight excluding hydrogens is 364 g/mol. The summed E-state index contributed by atoms with van der Waals surface area (Å²) in [4.78, 5) is 17.8. The zero-order valence-electron chi connectivity index (χ0n) is 16.1. The van der Waals surface area contributed by atoms with E-state index in [1.165, 1.54) is 27.4 Å². The molecule has 1 unspecified atom stereocenters. The third-order valence-electron chi connectivity index (χ3n) is 4.37. The number of oxime groups is 1. The molecule has 0 saturated heterocycles. The van der Waals surface area contributed by atoms with E-state index in [-0.39, 0.29) is 12.2 Å². The molecule has 2 N–H and O–H groups in total. The molecule has 8 heteroatoms. The molecule has 2 aromatic carbocycles. The topological polar surface area (TPSA) is 98.6 Å². The number of nitrogens with zero attached hydrogens (tertiary/aromatic N) is 1. The smallest absolute Gasteiger partial charge is 0.268 e. The number of ether oxygens (including phenoxy) is 3. The Bertz CT molecular complexity index is 900. The van der Waals surface area contributed by atoms with E-state index in [1.54, 1.807) is 24.3 Å². The Kier molecular flexibility index (Phi) is 5.58. The monoisotopic (exact) mass is 386 g/mol. The molecule has 1 aliphatic rings. The van der Waals surface area contributed by atoms with Crippen LogP contribution >= 0.6 is 0 Å². The van der Waals surface area contributed by atoms with Gasteiger partial charge >= 0.3 is 0 Å². The third-order valence-corrected chi connectivity index (χ3v) is 4.37. The van der Waals surface area contributed by atoms with Crippen LogP contribution in [0.15, 0.2) is 35.5 Å². The van der Waals surface area contributed by atoms with Gasteiger partial charge in [-0.2, -0.15) is 0 Å². The van der Waals surface area contributed by atoms with Crippen LogP contribution in [-0.2, 0) is 9.63 Å². The minimum Gasteiger partial charge on any atom is -0.506 e. The molecule has 1 aliphatic heterocycles. The van der Waals surface area contributed by atoms with Gasteiger partial charge in [-0.15, -0.1) is 0 Å². The number of hydrogen-bond donors (Lipinski definition) is 2. The zero-order valence-corrected chi connectivity index (χ0v) is 16.1. The Hall–Kier alpha value is -3.42. The van der Waals surface area contributed by atoms with Crippen molar-refractivity contribution >= 4 is 17.3 Å². The molecule has 0 saturated carbocycles. The van der Waals surface area contributed by atoms with Crippen LogP contribution in [0.2, 0.25) is 0 Å².